The van der Waals surface area contributed by atoms with Crippen LogP contribution in [0.2, 0.25) is 0 Å². The van der Waals surface area contributed by atoms with Gasteiger partial charge < -0.3 is 0 Å². The molecule has 0 spiro atoms. The number of hydrogen-bond acceptors (Lipinski definition) is 0. The molecule has 2 atom stereocenters. The van der Waals surface area contributed by atoms with Crippen LogP contribution >= 0.6 is 46.4 Å². The molecule has 0 nitrogen and oxygen atoms in total. The van der Waals surface area contributed by atoms with Gasteiger partial charge in [-0.25, -0.2) is 0 Å². The summed E-state index contributed by atoms with van der Waals surface area (Å²) < 4.78 is -1.71. The largest absolute Gasteiger partial charge is 0.208 e. The molecule has 32 rings (SSSR count). The topological polar surface area (TPSA) is 0 Å². The molecule has 65 heavy (non-hydrogen) atoms. The van der Waals surface area contributed by atoms with E-state index in [9.17, 15) is 11.6 Å². The molecule has 0 amide bonds. The molecule has 0 aromatic heterocycles. The van der Waals surface area contributed by atoms with E-state index in [0.717, 1.165) is 0 Å². The van der Waals surface area contributed by atoms with Gasteiger partial charge in [0.25, 0.3) is 0 Å². The van der Waals surface area contributed by atoms with Crippen molar-refractivity contribution in [3.8, 4) is 0 Å². The van der Waals surface area contributed by atoms with Crippen LogP contribution in [0.3, 0.4) is 0 Å². The van der Waals surface area contributed by atoms with Crippen LogP contribution < -0.4 is 0 Å². The highest BCUT2D eigenvalue weighted by molar-refractivity contribution is 6.82. The summed E-state index contributed by atoms with van der Waals surface area (Å²) >= 11 is 33.9. The van der Waals surface area contributed by atoms with Crippen molar-refractivity contribution >= 4 is 326 Å². The molecule has 27 aromatic carbocycles. The zero-order valence-corrected chi connectivity index (χ0v) is 35.0. The van der Waals surface area contributed by atoms with E-state index in [1.54, 1.807) is 113 Å². The van der Waals surface area contributed by atoms with E-state index in [-0.39, 0.29) is 0 Å². The zero-order valence-electron chi connectivity index (χ0n) is 32.0. The standard InChI is InChI=1S/C61Cl4/c62-60-54-46-37-30-17-10-4-3-5-1-2-6(4)15(17)21-19-8(2)11-7(1)18-20-14(5)16-9(3)12-13(10)24-31-23(12)32-29(16)36-34(20)38-25(18)27-22(11)28-26(19)39(35(21)37)50(54)52-41(28)40(27)51-49(38)53-45(36)42(32)47-44(31)48(43(46)33(24)30)57(60)55(47)59(53,61(63,64)65)56(51)58(52)60. The molecule has 0 N–H and O–H groups in total. The maximum atomic E-state index is 9.33. The molecule has 5 aliphatic carbocycles. The van der Waals surface area contributed by atoms with Crippen molar-refractivity contribution in [3.05, 3.63) is 33.4 Å². The van der Waals surface area contributed by atoms with Gasteiger partial charge in [-0.1, -0.05) is 34.8 Å². The maximum absolute atomic E-state index is 9.33. The van der Waals surface area contributed by atoms with Crippen molar-refractivity contribution < 1.29 is 0 Å². The lowest BCUT2D eigenvalue weighted by molar-refractivity contribution is 0.618. The van der Waals surface area contributed by atoms with Gasteiger partial charge in [0, 0.05) is 0 Å². The number of hydrogen-bond donors (Lipinski definition) is 0. The molecule has 0 saturated heterocycles. The highest BCUT2D eigenvalue weighted by atomic mass is 35.6. The summed E-state index contributed by atoms with van der Waals surface area (Å²) in [6, 6.07) is 0. The average Bonchev–Trinajstić information content (AvgIpc) is 4.12. The summed E-state index contributed by atoms with van der Waals surface area (Å²) in [5.41, 5.74) is 6.72. The molecule has 2 unspecified atom stereocenters. The van der Waals surface area contributed by atoms with Crippen molar-refractivity contribution in [1.29, 1.82) is 0 Å². The van der Waals surface area contributed by atoms with E-state index >= 15 is 0 Å². The summed E-state index contributed by atoms with van der Waals surface area (Å²) in [6.07, 6.45) is 0. The minimum Gasteiger partial charge on any atom is -0.103 e. The molecule has 272 valence electrons. The highest BCUT2D eigenvalue weighted by Gasteiger charge is 2.71. The van der Waals surface area contributed by atoms with Gasteiger partial charge in [-0.15, -0.1) is 11.6 Å². The normalized spacial score (nSPS) is 22.9. The molecular formula is C61Cl4. The van der Waals surface area contributed by atoms with E-state index in [0.29, 0.717) is 0 Å². The van der Waals surface area contributed by atoms with Gasteiger partial charge in [-0.2, -0.15) is 0 Å². The van der Waals surface area contributed by atoms with Gasteiger partial charge in [-0.3, -0.25) is 0 Å². The minimum absolute atomic E-state index is 0.915. The predicted molar refractivity (Wildman–Crippen MR) is 278 cm³/mol. The van der Waals surface area contributed by atoms with Crippen LogP contribution in [0.15, 0.2) is 0 Å². The Morgan fingerprint density at radius 2 is 0.308 bits per heavy atom. The third-order valence-corrected chi connectivity index (χ3v) is 25.0. The highest BCUT2D eigenvalue weighted by Crippen LogP contribution is 2.85. The van der Waals surface area contributed by atoms with Crippen molar-refractivity contribution in [2.75, 3.05) is 0 Å². The molecule has 0 fully saturated rings. The summed E-state index contributed by atoms with van der Waals surface area (Å²) in [5, 5.41) is 78.8. The fourth-order valence-corrected chi connectivity index (χ4v) is 25.0. The molecule has 0 saturated carbocycles. The van der Waals surface area contributed by atoms with Gasteiger partial charge >= 0.3 is 0 Å². The lowest BCUT2D eigenvalue weighted by Crippen LogP contribution is -2.48. The van der Waals surface area contributed by atoms with Gasteiger partial charge in [0.1, 0.15) is 4.87 Å². The maximum Gasteiger partial charge on any atom is 0.208 e. The Balaban J connectivity index is 1.29. The second-order valence-corrected chi connectivity index (χ2v) is 26.5. The van der Waals surface area contributed by atoms with Crippen molar-refractivity contribution in [2.45, 2.75) is 14.1 Å². The number of benzene rings is 17. The summed E-state index contributed by atoms with van der Waals surface area (Å²) in [4.78, 5) is -0.915. The molecule has 4 heteroatoms. The fraction of sp³-hybridized carbons (Fsp3) is 0.0492. The number of rotatable bonds is 0. The molecule has 0 heterocycles. The summed E-state index contributed by atoms with van der Waals surface area (Å²) in [5.74, 6) is 0. The average molecular weight is 874 g/mol. The van der Waals surface area contributed by atoms with Crippen LogP contribution in [0.1, 0.15) is 33.4 Å². The van der Waals surface area contributed by atoms with E-state index in [1.165, 1.54) is 200 Å². The van der Waals surface area contributed by atoms with Crippen molar-refractivity contribution in [2.24, 2.45) is 0 Å². The smallest absolute Gasteiger partial charge is 0.103 e. The van der Waals surface area contributed by atoms with E-state index in [4.69, 9.17) is 34.8 Å². The lowest BCUT2D eigenvalue weighted by Gasteiger charge is -2.49. The Kier molecular flexibility index (Phi) is 2.04. The molecule has 27 aromatic rings. The third kappa shape index (κ3) is 1.27. The van der Waals surface area contributed by atoms with E-state index < -0.39 is 14.1 Å². The first-order valence-electron chi connectivity index (χ1n) is 23.5. The Bertz CT molecular complexity index is 7090. The monoisotopic (exact) mass is 872 g/mol. The Morgan fingerprint density at radius 3 is 0.569 bits per heavy atom. The van der Waals surface area contributed by atoms with Crippen LogP contribution in [0.4, 0.5) is 0 Å². The summed E-state index contributed by atoms with van der Waals surface area (Å²) in [6.45, 7) is 0. The quantitative estimate of drug-likeness (QED) is 0.105. The van der Waals surface area contributed by atoms with Gasteiger partial charge in [0.05, 0.1) is 5.41 Å². The van der Waals surface area contributed by atoms with E-state index in [1.807, 2.05) is 0 Å². The van der Waals surface area contributed by atoms with Crippen LogP contribution in [0.5, 0.6) is 0 Å². The first kappa shape index (κ1) is 24.8. The summed E-state index contributed by atoms with van der Waals surface area (Å²) in [7, 11) is 0. The fourth-order valence-electron chi connectivity index (χ4n) is 23.6. The van der Waals surface area contributed by atoms with Gasteiger partial charge in [-0.05, 0) is 313 Å². The van der Waals surface area contributed by atoms with Gasteiger partial charge in [0.15, 0.2) is 0 Å². The first-order valence-corrected chi connectivity index (χ1v) is 25.0. The number of alkyl halides is 4. The Hall–Kier alpha value is -6.38. The van der Waals surface area contributed by atoms with E-state index in [2.05, 4.69) is 0 Å². The lowest BCUT2D eigenvalue weighted by atomic mass is 9.59. The molecule has 5 aliphatic rings. The van der Waals surface area contributed by atoms with Crippen LogP contribution in [0.25, 0.3) is 280 Å². The molecule has 0 radical (unpaired) electrons. The van der Waals surface area contributed by atoms with Crippen molar-refractivity contribution in [3.63, 3.8) is 0 Å². The van der Waals surface area contributed by atoms with Crippen LogP contribution in [0, 0.1) is 0 Å². The zero-order chi connectivity index (χ0) is 39.0. The predicted octanol–water partition coefficient (Wildman–Crippen LogP) is 18.5. The van der Waals surface area contributed by atoms with Crippen molar-refractivity contribution in [1.82, 2.24) is 0 Å². The molecule has 0 bridgehead atoms. The van der Waals surface area contributed by atoms with Crippen LogP contribution in [-0.2, 0) is 10.3 Å². The SMILES string of the molecule is ClC12c3c4c5c6c7c8c9c%10c(c1c1c%11c2c2c%12c3c5c3c5c%12c%12c2c2c%11c%11c%13c1c%10c1c%10c9c9c7c7c6c3c3c5c5c%12c6c2c%11c2c(c%131)c1c%10c9c9c7c3c3c9c1c2c6c53)C48C(Cl)(Cl)Cl. The first-order chi connectivity index (χ1) is 32.0. The third-order valence-electron chi connectivity index (χ3n) is 23.6. The molecular weight excluding hydrogens is 874 g/mol. The minimum atomic E-state index is -1.71. The Labute approximate surface area is 371 Å². The number of halogens is 4. The molecule has 0 aliphatic heterocycles. The Morgan fingerprint density at radius 1 is 0.169 bits per heavy atom. The van der Waals surface area contributed by atoms with Crippen LogP contribution in [-0.4, -0.2) is 3.79 Å². The second-order valence-electron chi connectivity index (χ2n) is 23.7. The second kappa shape index (κ2) is 5.36. The van der Waals surface area contributed by atoms with Gasteiger partial charge in [0.2, 0.25) is 3.79 Å².